The van der Waals surface area contributed by atoms with E-state index in [-0.39, 0.29) is 11.4 Å². The molecule has 1 amide bonds. The van der Waals surface area contributed by atoms with Crippen molar-refractivity contribution in [1.82, 2.24) is 5.32 Å². The predicted octanol–water partition coefficient (Wildman–Crippen LogP) is 2.63. The Morgan fingerprint density at radius 3 is 2.32 bits per heavy atom. The first kappa shape index (κ1) is 15.8. The Kier molecular flexibility index (Phi) is 4.82. The van der Waals surface area contributed by atoms with E-state index in [2.05, 4.69) is 12.2 Å². The van der Waals surface area contributed by atoms with Crippen LogP contribution in [-0.2, 0) is 14.3 Å². The number of ether oxygens (including phenoxy) is 2. The monoisotopic (exact) mass is 271 g/mol. The molecule has 1 aliphatic rings. The van der Waals surface area contributed by atoms with Crippen LogP contribution in [0.25, 0.3) is 0 Å². The first-order valence-electron chi connectivity index (χ1n) is 6.81. The summed E-state index contributed by atoms with van der Waals surface area (Å²) in [6.07, 6.45) is 2.19. The number of amides is 1. The van der Waals surface area contributed by atoms with Crippen LogP contribution < -0.4 is 5.32 Å². The first-order chi connectivity index (χ1) is 8.65. The van der Waals surface area contributed by atoms with Crippen molar-refractivity contribution < 1.29 is 19.1 Å². The topological polar surface area (TPSA) is 64.6 Å². The van der Waals surface area contributed by atoms with Gasteiger partial charge in [0.05, 0.1) is 6.61 Å². The molecule has 0 spiro atoms. The largest absolute Gasteiger partial charge is 0.464 e. The highest BCUT2D eigenvalue weighted by atomic mass is 16.6. The third-order valence-corrected chi connectivity index (χ3v) is 3.06. The van der Waals surface area contributed by atoms with Crippen LogP contribution in [0.5, 0.6) is 0 Å². The highest BCUT2D eigenvalue weighted by molar-refractivity contribution is 5.81. The number of nitrogens with one attached hydrogen (secondary N) is 1. The van der Waals surface area contributed by atoms with Crippen LogP contribution >= 0.6 is 0 Å². The average molecular weight is 271 g/mol. The van der Waals surface area contributed by atoms with Crippen LogP contribution in [0.1, 0.15) is 53.9 Å². The van der Waals surface area contributed by atoms with E-state index in [4.69, 9.17) is 9.47 Å². The normalized spacial score (nSPS) is 18.4. The van der Waals surface area contributed by atoms with Gasteiger partial charge in [-0.15, -0.1) is 0 Å². The summed E-state index contributed by atoms with van der Waals surface area (Å²) in [5.74, 6) is -0.388. The highest BCUT2D eigenvalue weighted by Crippen LogP contribution is 2.48. The van der Waals surface area contributed by atoms with E-state index in [1.807, 2.05) is 0 Å². The number of esters is 1. The van der Waals surface area contributed by atoms with Gasteiger partial charge in [-0.05, 0) is 52.4 Å². The fraction of sp³-hybridized carbons (Fsp3) is 0.857. The van der Waals surface area contributed by atoms with Crippen LogP contribution in [-0.4, -0.2) is 30.3 Å². The second-order valence-electron chi connectivity index (χ2n) is 6.47. The van der Waals surface area contributed by atoms with Gasteiger partial charge in [0.25, 0.3) is 0 Å². The number of rotatable bonds is 5. The van der Waals surface area contributed by atoms with Crippen LogP contribution in [0.2, 0.25) is 0 Å². The van der Waals surface area contributed by atoms with Crippen molar-refractivity contribution in [3.63, 3.8) is 0 Å². The molecule has 110 valence electrons. The summed E-state index contributed by atoms with van der Waals surface area (Å²) in [7, 11) is 0. The van der Waals surface area contributed by atoms with Gasteiger partial charge in [-0.25, -0.2) is 9.59 Å². The van der Waals surface area contributed by atoms with Gasteiger partial charge < -0.3 is 14.8 Å². The molecule has 1 atom stereocenters. The minimum Gasteiger partial charge on any atom is -0.464 e. The first-order valence-corrected chi connectivity index (χ1v) is 6.81. The second-order valence-corrected chi connectivity index (χ2v) is 6.47. The molecule has 5 heteroatoms. The van der Waals surface area contributed by atoms with Crippen molar-refractivity contribution in [2.75, 3.05) is 6.61 Å². The molecule has 0 aromatic heterocycles. The van der Waals surface area contributed by atoms with Crippen molar-refractivity contribution in [3.8, 4) is 0 Å². The molecule has 1 N–H and O–H groups in total. The van der Waals surface area contributed by atoms with Crippen LogP contribution in [0.4, 0.5) is 4.79 Å². The lowest BCUT2D eigenvalue weighted by molar-refractivity contribution is -0.146. The van der Waals surface area contributed by atoms with Crippen molar-refractivity contribution in [3.05, 3.63) is 0 Å². The number of carbonyl (C=O) groups is 2. The molecule has 5 nitrogen and oxygen atoms in total. The van der Waals surface area contributed by atoms with Gasteiger partial charge in [0.2, 0.25) is 0 Å². The Hall–Kier alpha value is -1.26. The number of alkyl carbamates (subject to hydrolysis) is 1. The second kappa shape index (κ2) is 5.80. The molecule has 0 unspecified atom stereocenters. The van der Waals surface area contributed by atoms with Gasteiger partial charge in [-0.1, -0.05) is 6.92 Å². The highest BCUT2D eigenvalue weighted by Gasteiger charge is 2.42. The van der Waals surface area contributed by atoms with Crippen LogP contribution in [0.3, 0.4) is 0 Å². The molecular formula is C14H25NO4. The summed E-state index contributed by atoms with van der Waals surface area (Å²) >= 11 is 0. The Bertz CT molecular complexity index is 342. The van der Waals surface area contributed by atoms with E-state index in [1.54, 1.807) is 27.7 Å². The van der Waals surface area contributed by atoms with Gasteiger partial charge in [0, 0.05) is 0 Å². The summed E-state index contributed by atoms with van der Waals surface area (Å²) in [6.45, 7) is 9.52. The lowest BCUT2D eigenvalue weighted by Crippen LogP contribution is -2.45. The summed E-state index contributed by atoms with van der Waals surface area (Å²) in [6, 6.07) is -0.623. The Balaban J connectivity index is 2.58. The molecule has 19 heavy (non-hydrogen) atoms. The maximum atomic E-state index is 11.9. The molecule has 0 aliphatic heterocycles. The Morgan fingerprint density at radius 1 is 1.32 bits per heavy atom. The van der Waals surface area contributed by atoms with E-state index in [9.17, 15) is 9.59 Å². The zero-order valence-corrected chi connectivity index (χ0v) is 12.5. The lowest BCUT2D eigenvalue weighted by Gasteiger charge is -2.24. The standard InChI is InChI=1S/C14H25NO4/c1-6-18-11(16)10(9-14(5)7-8-14)15-12(17)19-13(2,3)4/h10H,6-9H2,1-5H3,(H,15,17)/t10-/m0/s1. The van der Waals surface area contributed by atoms with Gasteiger partial charge in [-0.2, -0.15) is 0 Å². The average Bonchev–Trinajstić information content (AvgIpc) is 2.93. The lowest BCUT2D eigenvalue weighted by atomic mass is 9.99. The van der Waals surface area contributed by atoms with Gasteiger partial charge in [0.1, 0.15) is 11.6 Å². The maximum Gasteiger partial charge on any atom is 0.408 e. The summed E-state index contributed by atoms with van der Waals surface area (Å²) < 4.78 is 10.2. The van der Waals surface area contributed by atoms with E-state index in [1.165, 1.54) is 0 Å². The van der Waals surface area contributed by atoms with E-state index >= 15 is 0 Å². The van der Waals surface area contributed by atoms with Crippen molar-refractivity contribution >= 4 is 12.1 Å². The van der Waals surface area contributed by atoms with Crippen molar-refractivity contribution in [2.24, 2.45) is 5.41 Å². The van der Waals surface area contributed by atoms with Gasteiger partial charge in [-0.3, -0.25) is 0 Å². The number of hydrogen-bond donors (Lipinski definition) is 1. The zero-order chi connectivity index (χ0) is 14.7. The SMILES string of the molecule is CCOC(=O)[C@H](CC1(C)CC1)NC(=O)OC(C)(C)C. The Morgan fingerprint density at radius 2 is 1.89 bits per heavy atom. The molecule has 0 bridgehead atoms. The van der Waals surface area contributed by atoms with Crippen molar-refractivity contribution in [2.45, 2.75) is 65.5 Å². The van der Waals surface area contributed by atoms with Gasteiger partial charge in [0.15, 0.2) is 0 Å². The van der Waals surface area contributed by atoms with Crippen molar-refractivity contribution in [1.29, 1.82) is 0 Å². The Labute approximate surface area is 115 Å². The molecule has 0 aromatic carbocycles. The molecule has 1 aliphatic carbocycles. The van der Waals surface area contributed by atoms with Crippen LogP contribution in [0.15, 0.2) is 0 Å². The van der Waals surface area contributed by atoms with E-state index in [0.29, 0.717) is 13.0 Å². The summed E-state index contributed by atoms with van der Waals surface area (Å²) in [5, 5.41) is 2.62. The third-order valence-electron chi connectivity index (χ3n) is 3.06. The third kappa shape index (κ3) is 5.94. The zero-order valence-electron chi connectivity index (χ0n) is 12.5. The number of carbonyl (C=O) groups excluding carboxylic acids is 2. The van der Waals surface area contributed by atoms with Crippen LogP contribution in [0, 0.1) is 5.41 Å². The fourth-order valence-electron chi connectivity index (χ4n) is 1.80. The molecule has 0 heterocycles. The molecule has 0 radical (unpaired) electrons. The summed E-state index contributed by atoms with van der Waals surface area (Å²) in [5.41, 5.74) is -0.431. The van der Waals surface area contributed by atoms with E-state index in [0.717, 1.165) is 12.8 Å². The molecule has 0 saturated heterocycles. The molecule has 1 rings (SSSR count). The number of hydrogen-bond acceptors (Lipinski definition) is 4. The molecule has 0 aromatic rings. The predicted molar refractivity (Wildman–Crippen MR) is 71.7 cm³/mol. The minimum absolute atomic E-state index is 0.145. The minimum atomic E-state index is -0.623. The molecular weight excluding hydrogens is 246 g/mol. The summed E-state index contributed by atoms with van der Waals surface area (Å²) in [4.78, 5) is 23.6. The van der Waals surface area contributed by atoms with E-state index < -0.39 is 17.7 Å². The molecule has 1 saturated carbocycles. The van der Waals surface area contributed by atoms with Gasteiger partial charge >= 0.3 is 12.1 Å². The molecule has 1 fully saturated rings. The quantitative estimate of drug-likeness (QED) is 0.781. The fourth-order valence-corrected chi connectivity index (χ4v) is 1.80. The smallest absolute Gasteiger partial charge is 0.408 e. The maximum absolute atomic E-state index is 11.9.